The number of nitrogens with one attached hydrogen (secondary N) is 1. The number of fused-ring (bicyclic) bond motifs is 1. The zero-order chi connectivity index (χ0) is 28.3. The molecule has 4 bridgehead atoms. The number of nitrogens with zero attached hydrogens (tertiary/aromatic N) is 4. The summed E-state index contributed by atoms with van der Waals surface area (Å²) in [4.78, 5) is 9.20. The van der Waals surface area contributed by atoms with Gasteiger partial charge in [0.15, 0.2) is 0 Å². The number of aliphatic imine (C=N–C) groups is 1. The molecule has 0 aliphatic heterocycles. The second kappa shape index (κ2) is 9.76. The molecule has 9 heteroatoms. The van der Waals surface area contributed by atoms with Crippen molar-refractivity contribution in [3.05, 3.63) is 66.1 Å². The summed E-state index contributed by atoms with van der Waals surface area (Å²) < 4.78 is 7.11. The van der Waals surface area contributed by atoms with E-state index in [1.54, 1.807) is 37.7 Å². The lowest BCUT2D eigenvalue weighted by Crippen LogP contribution is -2.59. The second-order valence-corrected chi connectivity index (χ2v) is 12.1. The zero-order valence-electron chi connectivity index (χ0n) is 23.4. The number of ether oxygens (including phenoxy) is 1. The number of rotatable bonds is 7. The Labute approximate surface area is 239 Å². The highest BCUT2D eigenvalue weighted by Crippen LogP contribution is 2.56. The van der Waals surface area contributed by atoms with Gasteiger partial charge in [0.05, 0.1) is 41.4 Å². The van der Waals surface area contributed by atoms with Crippen molar-refractivity contribution >= 4 is 22.7 Å². The maximum Gasteiger partial charge on any atom is 0.212 e. The van der Waals surface area contributed by atoms with Gasteiger partial charge in [-0.05, 0) is 92.2 Å². The van der Waals surface area contributed by atoms with Crippen molar-refractivity contribution in [2.24, 2.45) is 28.5 Å². The molecule has 4 fully saturated rings. The van der Waals surface area contributed by atoms with Gasteiger partial charge >= 0.3 is 0 Å². The van der Waals surface area contributed by atoms with Crippen molar-refractivity contribution in [2.75, 3.05) is 12.4 Å². The zero-order valence-corrected chi connectivity index (χ0v) is 23.4. The average molecular weight is 553 g/mol. The molecule has 3 heterocycles. The number of phenols is 1. The van der Waals surface area contributed by atoms with Crippen LogP contribution in [-0.2, 0) is 6.42 Å². The monoisotopic (exact) mass is 552 g/mol. The number of pyridine rings is 1. The number of aromatic nitrogens is 3. The fourth-order valence-corrected chi connectivity index (χ4v) is 7.77. The van der Waals surface area contributed by atoms with Crippen LogP contribution in [0, 0.1) is 17.8 Å². The van der Waals surface area contributed by atoms with E-state index >= 15 is 0 Å². The van der Waals surface area contributed by atoms with Crippen molar-refractivity contribution in [1.29, 1.82) is 0 Å². The molecule has 2 atom stereocenters. The fourth-order valence-electron chi connectivity index (χ4n) is 7.77. The van der Waals surface area contributed by atoms with Gasteiger partial charge in [0.2, 0.25) is 5.88 Å². The largest absolute Gasteiger partial charge is 0.508 e. The van der Waals surface area contributed by atoms with Crippen LogP contribution in [0.25, 0.3) is 16.6 Å². The molecule has 1 aromatic carbocycles. The fraction of sp³-hybridized carbons (Fsp3) is 0.406. The van der Waals surface area contributed by atoms with Crippen LogP contribution >= 0.6 is 0 Å². The Bertz CT molecular complexity index is 1630. The number of aromatic hydroxyl groups is 1. The van der Waals surface area contributed by atoms with Crippen LogP contribution in [0.1, 0.15) is 50.2 Å². The van der Waals surface area contributed by atoms with E-state index in [9.17, 15) is 10.2 Å². The number of hydrogen-bond acceptors (Lipinski definition) is 7. The molecule has 4 aliphatic rings. The molecule has 0 radical (unpaired) electrons. The van der Waals surface area contributed by atoms with Crippen LogP contribution in [0.15, 0.2) is 60.0 Å². The summed E-state index contributed by atoms with van der Waals surface area (Å²) in [6, 6.07) is 11.3. The third-order valence-corrected chi connectivity index (χ3v) is 9.43. The highest BCUT2D eigenvalue weighted by Gasteiger charge is 2.54. The number of phenolic OH excluding ortho intramolecular Hbond substituents is 1. The van der Waals surface area contributed by atoms with Gasteiger partial charge < -0.3 is 26.0 Å². The molecule has 9 nitrogen and oxygen atoms in total. The van der Waals surface area contributed by atoms with E-state index in [2.05, 4.69) is 16.4 Å². The molecule has 0 saturated heterocycles. The Morgan fingerprint density at radius 2 is 1.93 bits per heavy atom. The Morgan fingerprint density at radius 3 is 2.61 bits per heavy atom. The Balaban J connectivity index is 1.33. The smallest absolute Gasteiger partial charge is 0.212 e. The van der Waals surface area contributed by atoms with Crippen molar-refractivity contribution in [2.45, 2.75) is 57.1 Å². The van der Waals surface area contributed by atoms with Crippen molar-refractivity contribution in [3.8, 4) is 22.8 Å². The molecule has 212 valence electrons. The third-order valence-electron chi connectivity index (χ3n) is 9.43. The lowest BCUT2D eigenvalue weighted by atomic mass is 9.52. The first-order valence-corrected chi connectivity index (χ1v) is 14.5. The number of benzene rings is 1. The first kappa shape index (κ1) is 25.8. The molecule has 0 amide bonds. The minimum Gasteiger partial charge on any atom is -0.508 e. The number of nitrogens with two attached hydrogens (primary N) is 1. The van der Waals surface area contributed by atoms with E-state index in [0.29, 0.717) is 29.5 Å². The standard InChI is InChI=1S/C32H36N6O3/c1-3-19-10-24(39)5-6-26(19)36-31(33)25-16-35-38-17-23(20-4-7-28(41-2)34-15-20)11-27(38)30(25)37-29-21-8-18-9-22(29)14-32(40,12-18)13-21/h4-7,10-11,15-18,21-22,29,37,39-40H,3,8-9,12-14H2,1-2H3,(H2,33,36). The summed E-state index contributed by atoms with van der Waals surface area (Å²) in [5.41, 5.74) is 12.3. The van der Waals surface area contributed by atoms with E-state index in [-0.39, 0.29) is 11.8 Å². The number of anilines is 1. The van der Waals surface area contributed by atoms with E-state index in [1.165, 1.54) is 0 Å². The molecule has 41 heavy (non-hydrogen) atoms. The first-order chi connectivity index (χ1) is 19.8. The van der Waals surface area contributed by atoms with Crippen molar-refractivity contribution in [1.82, 2.24) is 14.6 Å². The van der Waals surface area contributed by atoms with Crippen molar-refractivity contribution < 1.29 is 14.9 Å². The molecular formula is C32H36N6O3. The van der Waals surface area contributed by atoms with E-state index in [4.69, 9.17) is 20.6 Å². The van der Waals surface area contributed by atoms with Gasteiger partial charge in [-0.2, -0.15) is 5.10 Å². The van der Waals surface area contributed by atoms with Crippen LogP contribution in [0.4, 0.5) is 11.4 Å². The summed E-state index contributed by atoms with van der Waals surface area (Å²) in [5, 5.41) is 29.8. The molecule has 5 N–H and O–H groups in total. The van der Waals surface area contributed by atoms with Crippen LogP contribution < -0.4 is 15.8 Å². The van der Waals surface area contributed by atoms with E-state index < -0.39 is 5.60 Å². The van der Waals surface area contributed by atoms with Gasteiger partial charge in [-0.25, -0.2) is 14.5 Å². The average Bonchev–Trinajstić information content (AvgIpc) is 3.40. The topological polar surface area (TPSA) is 130 Å². The minimum atomic E-state index is -0.509. The van der Waals surface area contributed by atoms with Crippen LogP contribution in [0.2, 0.25) is 0 Å². The Hall–Kier alpha value is -4.11. The summed E-state index contributed by atoms with van der Waals surface area (Å²) >= 11 is 0. The molecule has 0 spiro atoms. The van der Waals surface area contributed by atoms with Gasteiger partial charge in [-0.15, -0.1) is 0 Å². The summed E-state index contributed by atoms with van der Waals surface area (Å²) in [7, 11) is 1.61. The number of aryl methyl sites for hydroxylation is 1. The van der Waals surface area contributed by atoms with E-state index in [0.717, 1.165) is 77.7 Å². The lowest BCUT2D eigenvalue weighted by Gasteiger charge is -2.58. The maximum absolute atomic E-state index is 11.2. The summed E-state index contributed by atoms with van der Waals surface area (Å²) in [6.07, 6.45) is 11.2. The molecule has 4 aliphatic carbocycles. The molecule has 4 aromatic rings. The number of amidine groups is 1. The molecule has 2 unspecified atom stereocenters. The lowest BCUT2D eigenvalue weighted by molar-refractivity contribution is -0.129. The van der Waals surface area contributed by atoms with Gasteiger partial charge in [0.1, 0.15) is 11.6 Å². The SMILES string of the molecule is CCc1cc(O)ccc1/N=C(\N)c1cnn2cc(-c3ccc(OC)nc3)cc2c1NC1C2CC3CC1CC(O)(C3)C2. The second-order valence-electron chi connectivity index (χ2n) is 12.1. The number of hydrogen-bond donors (Lipinski definition) is 4. The summed E-state index contributed by atoms with van der Waals surface area (Å²) in [5.74, 6) is 2.57. The van der Waals surface area contributed by atoms with Crippen LogP contribution in [0.3, 0.4) is 0 Å². The quantitative estimate of drug-likeness (QED) is 0.186. The van der Waals surface area contributed by atoms with Gasteiger partial charge in [-0.1, -0.05) is 6.92 Å². The molecule has 4 saturated carbocycles. The number of methoxy groups -OCH3 is 1. The van der Waals surface area contributed by atoms with Crippen LogP contribution in [-0.4, -0.2) is 49.4 Å². The Kier molecular flexibility index (Phi) is 6.15. The summed E-state index contributed by atoms with van der Waals surface area (Å²) in [6.45, 7) is 2.03. The highest BCUT2D eigenvalue weighted by atomic mass is 16.5. The van der Waals surface area contributed by atoms with Crippen LogP contribution in [0.5, 0.6) is 11.6 Å². The maximum atomic E-state index is 11.2. The highest BCUT2D eigenvalue weighted by molar-refractivity contribution is 6.06. The first-order valence-electron chi connectivity index (χ1n) is 14.5. The third kappa shape index (κ3) is 4.58. The van der Waals surface area contributed by atoms with Crippen molar-refractivity contribution in [3.63, 3.8) is 0 Å². The van der Waals surface area contributed by atoms with Gasteiger partial charge in [-0.3, -0.25) is 0 Å². The van der Waals surface area contributed by atoms with E-state index in [1.807, 2.05) is 29.8 Å². The number of aliphatic hydroxyl groups is 1. The Morgan fingerprint density at radius 1 is 1.12 bits per heavy atom. The molecule has 8 rings (SSSR count). The predicted octanol–water partition coefficient (Wildman–Crippen LogP) is 5.06. The normalized spacial score (nSPS) is 27.0. The predicted molar refractivity (Wildman–Crippen MR) is 159 cm³/mol. The van der Waals surface area contributed by atoms with Gasteiger partial charge in [0.25, 0.3) is 0 Å². The minimum absolute atomic E-state index is 0.210. The van der Waals surface area contributed by atoms with Gasteiger partial charge in [0, 0.05) is 35.6 Å². The molecular weight excluding hydrogens is 516 g/mol. The molecule has 3 aromatic heterocycles.